The first-order chi connectivity index (χ1) is 12.8. The van der Waals surface area contributed by atoms with Crippen LogP contribution in [0.15, 0.2) is 41.3 Å². The summed E-state index contributed by atoms with van der Waals surface area (Å²) in [7, 11) is 0. The van der Waals surface area contributed by atoms with Gasteiger partial charge in [-0.3, -0.25) is 19.0 Å². The van der Waals surface area contributed by atoms with Crippen LogP contribution in [-0.4, -0.2) is 36.5 Å². The maximum absolute atomic E-state index is 12.3. The summed E-state index contributed by atoms with van der Waals surface area (Å²) in [6.07, 6.45) is 4.34. The molecule has 0 saturated carbocycles. The summed E-state index contributed by atoms with van der Waals surface area (Å²) in [5.41, 5.74) is 1.04. The highest BCUT2D eigenvalue weighted by Gasteiger charge is 2.15. The van der Waals surface area contributed by atoms with Crippen molar-refractivity contribution in [2.24, 2.45) is 0 Å². The molecular formula is C16H12BrCl2N5O3. The van der Waals surface area contributed by atoms with Crippen molar-refractivity contribution in [1.29, 1.82) is 0 Å². The van der Waals surface area contributed by atoms with Crippen molar-refractivity contribution in [3.05, 3.63) is 62.4 Å². The number of nitrogens with zero attached hydrogens (tertiary/aromatic N) is 4. The number of aliphatic carboxylic acids is 1. The summed E-state index contributed by atoms with van der Waals surface area (Å²) in [5, 5.41) is 20.6. The van der Waals surface area contributed by atoms with Crippen molar-refractivity contribution in [1.82, 2.24) is 19.6 Å². The van der Waals surface area contributed by atoms with Gasteiger partial charge < -0.3 is 10.4 Å². The van der Waals surface area contributed by atoms with E-state index >= 15 is 0 Å². The van der Waals surface area contributed by atoms with E-state index in [0.717, 1.165) is 10.2 Å². The highest BCUT2D eigenvalue weighted by Crippen LogP contribution is 2.25. The van der Waals surface area contributed by atoms with Crippen molar-refractivity contribution in [3.63, 3.8) is 0 Å². The third-order valence-corrected chi connectivity index (χ3v) is 4.66. The number of hydrogen-bond donors (Lipinski definition) is 2. The molecule has 1 aromatic carbocycles. The number of halogens is 3. The Labute approximate surface area is 171 Å². The SMILES string of the molecule is O=C(O)Cn1cc(C(=O)Nc2nn(Cc3ccc(Cl)cc3Cl)cc2Br)cn1. The molecule has 2 N–H and O–H groups in total. The number of hydrogen-bond acceptors (Lipinski definition) is 4. The predicted octanol–water partition coefficient (Wildman–Crippen LogP) is 3.53. The van der Waals surface area contributed by atoms with E-state index in [1.54, 1.807) is 29.1 Å². The van der Waals surface area contributed by atoms with Crippen LogP contribution < -0.4 is 5.32 Å². The number of carbonyl (C=O) groups excluding carboxylic acids is 1. The number of aromatic nitrogens is 4. The smallest absolute Gasteiger partial charge is 0.325 e. The monoisotopic (exact) mass is 471 g/mol. The summed E-state index contributed by atoms with van der Waals surface area (Å²) in [6.45, 7) is 0.0640. The standard InChI is InChI=1S/C16H12BrCl2N5O3/c17-12-7-24(5-9-1-2-11(18)3-13(9)19)22-15(12)21-16(27)10-4-20-23(6-10)8-14(25)26/h1-4,6-7H,5,8H2,(H,25,26)(H,21,22,27). The minimum absolute atomic E-state index is 0.221. The molecule has 11 heteroatoms. The molecule has 0 saturated heterocycles. The van der Waals surface area contributed by atoms with Gasteiger partial charge in [0, 0.05) is 22.4 Å². The second-order valence-electron chi connectivity index (χ2n) is 5.53. The van der Waals surface area contributed by atoms with Gasteiger partial charge in [-0.2, -0.15) is 10.2 Å². The lowest BCUT2D eigenvalue weighted by atomic mass is 10.2. The molecule has 3 aromatic rings. The Balaban J connectivity index is 1.71. The van der Waals surface area contributed by atoms with Gasteiger partial charge in [-0.25, -0.2) is 0 Å². The number of amides is 1. The van der Waals surface area contributed by atoms with Gasteiger partial charge in [0.2, 0.25) is 0 Å². The second kappa shape index (κ2) is 8.12. The summed E-state index contributed by atoms with van der Waals surface area (Å²) in [5.74, 6) is -1.19. The first kappa shape index (κ1) is 19.4. The first-order valence-corrected chi connectivity index (χ1v) is 9.09. The molecule has 27 heavy (non-hydrogen) atoms. The van der Waals surface area contributed by atoms with Gasteiger partial charge in [0.15, 0.2) is 5.82 Å². The van der Waals surface area contributed by atoms with Gasteiger partial charge in [-0.05, 0) is 33.6 Å². The van der Waals surface area contributed by atoms with Crippen molar-refractivity contribution in [2.75, 3.05) is 5.32 Å². The molecule has 0 fully saturated rings. The lowest BCUT2D eigenvalue weighted by molar-refractivity contribution is -0.137. The number of benzene rings is 1. The summed E-state index contributed by atoms with van der Waals surface area (Å²) in [6, 6.07) is 5.18. The van der Waals surface area contributed by atoms with Crippen LogP contribution >= 0.6 is 39.1 Å². The van der Waals surface area contributed by atoms with Crippen molar-refractivity contribution >= 4 is 56.8 Å². The Morgan fingerprint density at radius 1 is 1.22 bits per heavy atom. The lowest BCUT2D eigenvalue weighted by Crippen LogP contribution is -2.13. The minimum Gasteiger partial charge on any atom is -0.480 e. The van der Waals surface area contributed by atoms with Crippen LogP contribution in [0.5, 0.6) is 0 Å². The van der Waals surface area contributed by atoms with Gasteiger partial charge in [0.1, 0.15) is 6.54 Å². The van der Waals surface area contributed by atoms with Crippen LogP contribution in [0.2, 0.25) is 10.0 Å². The quantitative estimate of drug-likeness (QED) is 0.571. The molecule has 2 heterocycles. The fraction of sp³-hybridized carbons (Fsp3) is 0.125. The molecule has 3 rings (SSSR count). The molecule has 1 amide bonds. The zero-order valence-corrected chi connectivity index (χ0v) is 16.7. The van der Waals surface area contributed by atoms with Crippen LogP contribution in [0.4, 0.5) is 5.82 Å². The Morgan fingerprint density at radius 3 is 2.70 bits per heavy atom. The van der Waals surface area contributed by atoms with E-state index in [-0.39, 0.29) is 12.1 Å². The van der Waals surface area contributed by atoms with Gasteiger partial charge in [-0.15, -0.1) is 0 Å². The van der Waals surface area contributed by atoms with Gasteiger partial charge in [0.05, 0.1) is 22.8 Å². The average molecular weight is 473 g/mol. The molecule has 0 spiro atoms. The van der Waals surface area contributed by atoms with E-state index in [2.05, 4.69) is 31.4 Å². The molecule has 0 aliphatic carbocycles. The molecule has 0 aliphatic rings. The van der Waals surface area contributed by atoms with Crippen LogP contribution in [0.25, 0.3) is 0 Å². The summed E-state index contributed by atoms with van der Waals surface area (Å²) in [4.78, 5) is 23.0. The number of carbonyl (C=O) groups is 2. The second-order valence-corrected chi connectivity index (χ2v) is 7.23. The Morgan fingerprint density at radius 2 is 2.00 bits per heavy atom. The molecule has 0 atom stereocenters. The number of rotatable bonds is 6. The van der Waals surface area contributed by atoms with E-state index in [9.17, 15) is 9.59 Å². The van der Waals surface area contributed by atoms with Crippen LogP contribution in [0.1, 0.15) is 15.9 Å². The fourth-order valence-electron chi connectivity index (χ4n) is 2.27. The van der Waals surface area contributed by atoms with Gasteiger partial charge in [-0.1, -0.05) is 29.3 Å². The maximum atomic E-state index is 12.3. The fourth-order valence-corrected chi connectivity index (χ4v) is 3.16. The van der Waals surface area contributed by atoms with Crippen molar-refractivity contribution < 1.29 is 14.7 Å². The predicted molar refractivity (Wildman–Crippen MR) is 103 cm³/mol. The number of carboxylic acid groups (broad SMARTS) is 1. The number of nitrogens with one attached hydrogen (secondary N) is 1. The van der Waals surface area contributed by atoms with Crippen LogP contribution in [-0.2, 0) is 17.9 Å². The van der Waals surface area contributed by atoms with E-state index in [1.165, 1.54) is 12.4 Å². The molecule has 8 nitrogen and oxygen atoms in total. The summed E-state index contributed by atoms with van der Waals surface area (Å²) < 4.78 is 3.36. The third kappa shape index (κ3) is 4.88. The topological polar surface area (TPSA) is 102 Å². The van der Waals surface area contributed by atoms with Gasteiger partial charge >= 0.3 is 5.97 Å². The molecule has 0 radical (unpaired) electrons. The van der Waals surface area contributed by atoms with Crippen LogP contribution in [0, 0.1) is 0 Å². The summed E-state index contributed by atoms with van der Waals surface area (Å²) >= 11 is 15.4. The highest BCUT2D eigenvalue weighted by molar-refractivity contribution is 9.10. The third-order valence-electron chi connectivity index (χ3n) is 3.49. The van der Waals surface area contributed by atoms with Crippen molar-refractivity contribution in [2.45, 2.75) is 13.1 Å². The first-order valence-electron chi connectivity index (χ1n) is 7.54. The molecule has 0 aliphatic heterocycles. The van der Waals surface area contributed by atoms with E-state index < -0.39 is 11.9 Å². The Hall–Kier alpha value is -2.36. The zero-order valence-electron chi connectivity index (χ0n) is 13.6. The Kier molecular flexibility index (Phi) is 5.83. The maximum Gasteiger partial charge on any atom is 0.325 e. The molecule has 140 valence electrons. The molecule has 2 aromatic heterocycles. The normalized spacial score (nSPS) is 10.8. The molecular weight excluding hydrogens is 461 g/mol. The zero-order chi connectivity index (χ0) is 19.6. The van der Waals surface area contributed by atoms with E-state index in [4.69, 9.17) is 28.3 Å². The molecule has 0 unspecified atom stereocenters. The number of anilines is 1. The largest absolute Gasteiger partial charge is 0.480 e. The van der Waals surface area contributed by atoms with Crippen molar-refractivity contribution in [3.8, 4) is 0 Å². The van der Waals surface area contributed by atoms with Crippen LogP contribution in [0.3, 0.4) is 0 Å². The molecule has 0 bridgehead atoms. The lowest BCUT2D eigenvalue weighted by Gasteiger charge is -2.05. The van der Waals surface area contributed by atoms with E-state index in [1.807, 2.05) is 0 Å². The Bertz CT molecular complexity index is 1020. The average Bonchev–Trinajstić information content (AvgIpc) is 3.17. The van der Waals surface area contributed by atoms with E-state index in [0.29, 0.717) is 26.9 Å². The highest BCUT2D eigenvalue weighted by atomic mass is 79.9. The number of carboxylic acids is 1. The minimum atomic E-state index is -1.05. The van der Waals surface area contributed by atoms with Gasteiger partial charge in [0.25, 0.3) is 5.91 Å².